The highest BCUT2D eigenvalue weighted by Crippen LogP contribution is 2.34. The van der Waals surface area contributed by atoms with Crippen molar-refractivity contribution >= 4 is 0 Å². The lowest BCUT2D eigenvalue weighted by molar-refractivity contribution is 0.171. The molecule has 2 aromatic carbocycles. The first kappa shape index (κ1) is 17.6. The highest BCUT2D eigenvalue weighted by Gasteiger charge is 2.19. The molecule has 0 aliphatic carbocycles. The molecule has 0 unspecified atom stereocenters. The van der Waals surface area contributed by atoms with Crippen LogP contribution in [0.2, 0.25) is 0 Å². The van der Waals surface area contributed by atoms with Crippen molar-refractivity contribution in [1.82, 2.24) is 14.9 Å². The fourth-order valence-electron chi connectivity index (χ4n) is 3.42. The second-order valence-corrected chi connectivity index (χ2v) is 7.14. The van der Waals surface area contributed by atoms with E-state index in [0.29, 0.717) is 19.1 Å². The predicted octanol–water partition coefficient (Wildman–Crippen LogP) is 4.13. The van der Waals surface area contributed by atoms with Gasteiger partial charge in [0.1, 0.15) is 13.2 Å². The van der Waals surface area contributed by atoms with Gasteiger partial charge in [-0.1, -0.05) is 32.0 Å². The number of nitrogens with zero attached hydrogens (tertiary/aromatic N) is 2. The Labute approximate surface area is 160 Å². The van der Waals surface area contributed by atoms with Gasteiger partial charge in [-0.3, -0.25) is 0 Å². The minimum atomic E-state index is 0.245. The van der Waals surface area contributed by atoms with E-state index in [-0.39, 0.29) is 6.04 Å². The predicted molar refractivity (Wildman–Crippen MR) is 105 cm³/mol. The molecular weight excluding hydrogens is 338 g/mol. The quantitative estimate of drug-likeness (QED) is 0.715. The fraction of sp³-hybridized carbons (Fsp3) is 0.318. The van der Waals surface area contributed by atoms with Crippen molar-refractivity contribution in [3.8, 4) is 17.2 Å². The second-order valence-electron chi connectivity index (χ2n) is 7.14. The molecule has 0 radical (unpaired) electrons. The number of nitrogens with one attached hydrogen (secondary N) is 1. The lowest BCUT2D eigenvalue weighted by Crippen LogP contribution is -2.25. The molecule has 0 saturated carbocycles. The number of benzene rings is 2. The third-order valence-corrected chi connectivity index (χ3v) is 4.86. The summed E-state index contributed by atoms with van der Waals surface area (Å²) in [6.07, 6.45) is 5.55. The number of ether oxygens (including phenoxy) is 2. The molecule has 1 aliphatic heterocycles. The van der Waals surface area contributed by atoms with Crippen molar-refractivity contribution < 1.29 is 9.47 Å². The van der Waals surface area contributed by atoms with Gasteiger partial charge in [-0.2, -0.15) is 0 Å². The Balaban J connectivity index is 1.46. The largest absolute Gasteiger partial charge is 0.486 e. The maximum Gasteiger partial charge on any atom is 0.161 e. The highest BCUT2D eigenvalue weighted by molar-refractivity contribution is 5.45. The number of hydrogen-bond donors (Lipinski definition) is 1. The Kier molecular flexibility index (Phi) is 5.12. The van der Waals surface area contributed by atoms with Gasteiger partial charge in [0.2, 0.25) is 0 Å². The van der Waals surface area contributed by atoms with Gasteiger partial charge in [0.15, 0.2) is 11.5 Å². The van der Waals surface area contributed by atoms with E-state index in [9.17, 15) is 0 Å². The summed E-state index contributed by atoms with van der Waals surface area (Å²) < 4.78 is 13.4. The standard InChI is InChI=1S/C22H25N3O2/c1-16(2)22(18-5-8-20-21(13-18)27-12-11-26-20)24-14-17-3-6-19(7-4-17)25-10-9-23-15-25/h3-10,13,15-16,22,24H,11-12,14H2,1-2H3/t22-/m1/s1. The summed E-state index contributed by atoms with van der Waals surface area (Å²) in [5, 5.41) is 3.70. The maximum absolute atomic E-state index is 5.75. The normalized spacial score (nSPS) is 14.3. The van der Waals surface area contributed by atoms with Gasteiger partial charge in [0, 0.05) is 30.7 Å². The van der Waals surface area contributed by atoms with Crippen molar-refractivity contribution in [2.45, 2.75) is 26.4 Å². The Morgan fingerprint density at radius 3 is 2.52 bits per heavy atom. The van der Waals surface area contributed by atoms with Crippen LogP contribution in [-0.4, -0.2) is 22.8 Å². The minimum absolute atomic E-state index is 0.245. The Morgan fingerprint density at radius 1 is 1.04 bits per heavy atom. The van der Waals surface area contributed by atoms with Crippen LogP contribution in [0, 0.1) is 5.92 Å². The Hall–Kier alpha value is -2.79. The van der Waals surface area contributed by atoms with Gasteiger partial charge in [-0.15, -0.1) is 0 Å². The first-order valence-corrected chi connectivity index (χ1v) is 9.41. The molecule has 5 nitrogen and oxygen atoms in total. The van der Waals surface area contributed by atoms with Crippen molar-refractivity contribution in [1.29, 1.82) is 0 Å². The first-order chi connectivity index (χ1) is 13.2. The van der Waals surface area contributed by atoms with Gasteiger partial charge in [-0.05, 0) is 41.3 Å². The van der Waals surface area contributed by atoms with E-state index in [1.165, 1.54) is 11.1 Å². The molecule has 4 rings (SSSR count). The molecule has 5 heteroatoms. The molecule has 2 heterocycles. The van der Waals surface area contributed by atoms with Gasteiger partial charge < -0.3 is 19.4 Å². The molecule has 0 saturated heterocycles. The smallest absolute Gasteiger partial charge is 0.161 e. The first-order valence-electron chi connectivity index (χ1n) is 9.41. The summed E-state index contributed by atoms with van der Waals surface area (Å²) >= 11 is 0. The van der Waals surface area contributed by atoms with Crippen molar-refractivity contribution in [3.63, 3.8) is 0 Å². The number of aromatic nitrogens is 2. The molecule has 140 valence electrons. The van der Waals surface area contributed by atoms with Crippen LogP contribution in [0.15, 0.2) is 61.2 Å². The molecular formula is C22H25N3O2. The van der Waals surface area contributed by atoms with E-state index in [2.05, 4.69) is 60.5 Å². The number of imidazole rings is 1. The zero-order chi connectivity index (χ0) is 18.6. The lowest BCUT2D eigenvalue weighted by atomic mass is 9.95. The van der Waals surface area contributed by atoms with Crippen LogP contribution in [0.5, 0.6) is 11.5 Å². The van der Waals surface area contributed by atoms with E-state index in [1.807, 2.05) is 23.2 Å². The van der Waals surface area contributed by atoms with E-state index >= 15 is 0 Å². The van der Waals surface area contributed by atoms with Gasteiger partial charge >= 0.3 is 0 Å². The third-order valence-electron chi connectivity index (χ3n) is 4.86. The Morgan fingerprint density at radius 2 is 1.81 bits per heavy atom. The summed E-state index contributed by atoms with van der Waals surface area (Å²) in [7, 11) is 0. The molecule has 1 atom stereocenters. The van der Waals surface area contributed by atoms with Crippen molar-refractivity contribution in [3.05, 3.63) is 72.3 Å². The van der Waals surface area contributed by atoms with E-state index in [1.54, 1.807) is 6.20 Å². The topological polar surface area (TPSA) is 48.3 Å². The number of fused-ring (bicyclic) bond motifs is 1. The van der Waals surface area contributed by atoms with Crippen LogP contribution in [0.25, 0.3) is 5.69 Å². The van der Waals surface area contributed by atoms with E-state index in [0.717, 1.165) is 23.7 Å². The molecule has 1 aliphatic rings. The maximum atomic E-state index is 5.75. The van der Waals surface area contributed by atoms with Crippen molar-refractivity contribution in [2.75, 3.05) is 13.2 Å². The summed E-state index contributed by atoms with van der Waals surface area (Å²) in [4.78, 5) is 4.10. The van der Waals surface area contributed by atoms with Crippen LogP contribution in [0.3, 0.4) is 0 Å². The minimum Gasteiger partial charge on any atom is -0.486 e. The highest BCUT2D eigenvalue weighted by atomic mass is 16.6. The summed E-state index contributed by atoms with van der Waals surface area (Å²) in [5.74, 6) is 2.14. The number of hydrogen-bond acceptors (Lipinski definition) is 4. The zero-order valence-corrected chi connectivity index (χ0v) is 15.8. The molecule has 1 N–H and O–H groups in total. The molecule has 0 fully saturated rings. The summed E-state index contributed by atoms with van der Waals surface area (Å²) in [5.41, 5.74) is 3.59. The van der Waals surface area contributed by atoms with Gasteiger partial charge in [0.25, 0.3) is 0 Å². The molecule has 0 bridgehead atoms. The van der Waals surface area contributed by atoms with Crippen LogP contribution in [-0.2, 0) is 6.54 Å². The third kappa shape index (κ3) is 3.98. The van der Waals surface area contributed by atoms with E-state index in [4.69, 9.17) is 9.47 Å². The number of rotatable bonds is 6. The van der Waals surface area contributed by atoms with E-state index < -0.39 is 0 Å². The molecule has 0 spiro atoms. The summed E-state index contributed by atoms with van der Waals surface area (Å²) in [6, 6.07) is 15.0. The average molecular weight is 363 g/mol. The van der Waals surface area contributed by atoms with Crippen LogP contribution in [0.1, 0.15) is 31.0 Å². The molecule has 0 amide bonds. The Bertz CT molecular complexity index is 873. The van der Waals surface area contributed by atoms with Crippen LogP contribution in [0.4, 0.5) is 0 Å². The second kappa shape index (κ2) is 7.84. The zero-order valence-electron chi connectivity index (χ0n) is 15.8. The SMILES string of the molecule is CC(C)[C@@H](NCc1ccc(-n2ccnc2)cc1)c1ccc2c(c1)OCCO2. The van der Waals surface area contributed by atoms with Gasteiger partial charge in [-0.25, -0.2) is 4.98 Å². The van der Waals surface area contributed by atoms with Gasteiger partial charge in [0.05, 0.1) is 6.33 Å². The fourth-order valence-corrected chi connectivity index (χ4v) is 3.42. The summed E-state index contributed by atoms with van der Waals surface area (Å²) in [6.45, 7) is 6.50. The molecule has 1 aromatic heterocycles. The monoisotopic (exact) mass is 363 g/mol. The van der Waals surface area contributed by atoms with Crippen molar-refractivity contribution in [2.24, 2.45) is 5.92 Å². The molecule has 3 aromatic rings. The van der Waals surface area contributed by atoms with Crippen LogP contribution >= 0.6 is 0 Å². The van der Waals surface area contributed by atoms with Crippen LogP contribution < -0.4 is 14.8 Å². The average Bonchev–Trinajstić information content (AvgIpc) is 3.23. The molecule has 27 heavy (non-hydrogen) atoms. The lowest BCUT2D eigenvalue weighted by Gasteiger charge is -2.25.